The molecule has 2 aliphatic rings. The predicted octanol–water partition coefficient (Wildman–Crippen LogP) is 3.42. The van der Waals surface area contributed by atoms with E-state index >= 15 is 0 Å². The third-order valence-electron chi connectivity index (χ3n) is 5.95. The van der Waals surface area contributed by atoms with Gasteiger partial charge in [0, 0.05) is 5.69 Å². The van der Waals surface area contributed by atoms with Crippen molar-refractivity contribution in [3.8, 4) is 0 Å². The molecule has 6 nitrogen and oxygen atoms in total. The van der Waals surface area contributed by atoms with Crippen LogP contribution in [-0.4, -0.2) is 15.2 Å². The van der Waals surface area contributed by atoms with Crippen LogP contribution in [0.5, 0.6) is 0 Å². The van der Waals surface area contributed by atoms with Gasteiger partial charge in [0.2, 0.25) is 0 Å². The summed E-state index contributed by atoms with van der Waals surface area (Å²) in [6, 6.07) is 6.90. The predicted molar refractivity (Wildman–Crippen MR) is 113 cm³/mol. The molecule has 4 rings (SSSR count). The number of hydrogen-bond acceptors (Lipinski definition) is 4. The van der Waals surface area contributed by atoms with Gasteiger partial charge in [0.1, 0.15) is 9.92 Å². The largest absolute Gasteiger partial charge is 0.386 e. The van der Waals surface area contributed by atoms with E-state index in [2.05, 4.69) is 11.4 Å². The van der Waals surface area contributed by atoms with Crippen LogP contribution < -0.4 is 10.5 Å². The highest BCUT2D eigenvalue weighted by atomic mass is 32.2. The van der Waals surface area contributed by atoms with Crippen molar-refractivity contribution in [2.24, 2.45) is 5.14 Å². The average Bonchev–Trinajstić information content (AvgIpc) is 3.28. The minimum atomic E-state index is -3.65. The van der Waals surface area contributed by atoms with Gasteiger partial charge in [-0.3, -0.25) is 4.79 Å². The highest BCUT2D eigenvalue weighted by Crippen LogP contribution is 2.39. The van der Waals surface area contributed by atoms with Gasteiger partial charge in [-0.25, -0.2) is 14.1 Å². The third-order valence-corrected chi connectivity index (χ3v) is 6.94. The van der Waals surface area contributed by atoms with Crippen LogP contribution in [0.4, 0.5) is 5.69 Å². The Kier molecular flexibility index (Phi) is 4.80. The number of nitrogens with two attached hydrogens (primary N) is 1. The van der Waals surface area contributed by atoms with Crippen molar-refractivity contribution in [3.63, 3.8) is 0 Å². The molecule has 1 atom stereocenters. The molecule has 0 saturated heterocycles. The molecule has 0 spiro atoms. The third kappa shape index (κ3) is 3.58. The van der Waals surface area contributed by atoms with Gasteiger partial charge in [-0.2, -0.15) is 0 Å². The van der Waals surface area contributed by atoms with E-state index in [0.717, 1.165) is 44.2 Å². The molecule has 0 aliphatic heterocycles. The van der Waals surface area contributed by atoms with Crippen molar-refractivity contribution in [2.75, 3.05) is 5.32 Å². The zero-order valence-electron chi connectivity index (χ0n) is 16.8. The SMILES string of the molecule is CC(C)(O)c1cccc(S(=N)(N)=O)c1C(=O)Nc1c2c(cc3c1CCC3)CCC2. The summed E-state index contributed by atoms with van der Waals surface area (Å²) in [6.45, 7) is 3.12. The van der Waals surface area contributed by atoms with E-state index < -0.39 is 21.4 Å². The van der Waals surface area contributed by atoms with Crippen LogP contribution in [0, 0.1) is 4.78 Å². The molecule has 0 radical (unpaired) electrons. The molecule has 1 unspecified atom stereocenters. The Bertz CT molecular complexity index is 1080. The molecule has 2 aliphatic carbocycles. The fourth-order valence-corrected chi connectivity index (χ4v) is 5.46. The quantitative estimate of drug-likeness (QED) is 0.615. The summed E-state index contributed by atoms with van der Waals surface area (Å²) in [7, 11) is -3.65. The van der Waals surface area contributed by atoms with Crippen LogP contribution in [0.3, 0.4) is 0 Å². The number of carbonyl (C=O) groups excluding carboxylic acids is 1. The first-order valence-electron chi connectivity index (χ1n) is 9.97. The number of benzene rings is 2. The van der Waals surface area contributed by atoms with Crippen molar-refractivity contribution in [1.82, 2.24) is 0 Å². The Morgan fingerprint density at radius 1 is 1.14 bits per heavy atom. The molecule has 0 heterocycles. The van der Waals surface area contributed by atoms with Gasteiger partial charge in [-0.15, -0.1) is 0 Å². The van der Waals surface area contributed by atoms with Crippen molar-refractivity contribution < 1.29 is 14.1 Å². The number of amides is 1. The smallest absolute Gasteiger partial charge is 0.257 e. The second-order valence-electron chi connectivity index (χ2n) is 8.53. The molecule has 29 heavy (non-hydrogen) atoms. The minimum Gasteiger partial charge on any atom is -0.386 e. The van der Waals surface area contributed by atoms with Crippen LogP contribution in [-0.2, 0) is 41.2 Å². The zero-order valence-corrected chi connectivity index (χ0v) is 17.6. The summed E-state index contributed by atoms with van der Waals surface area (Å²) < 4.78 is 20.3. The van der Waals surface area contributed by atoms with Crippen LogP contribution in [0.25, 0.3) is 0 Å². The lowest BCUT2D eigenvalue weighted by molar-refractivity contribution is 0.0754. The summed E-state index contributed by atoms with van der Waals surface area (Å²) in [6.07, 6.45) is 6.00. The van der Waals surface area contributed by atoms with Crippen molar-refractivity contribution in [1.29, 1.82) is 4.78 Å². The van der Waals surface area contributed by atoms with E-state index in [1.54, 1.807) is 26.0 Å². The Morgan fingerprint density at radius 3 is 2.24 bits per heavy atom. The summed E-state index contributed by atoms with van der Waals surface area (Å²) >= 11 is 0. The number of aryl methyl sites for hydroxylation is 2. The number of carbonyl (C=O) groups is 1. The fourth-order valence-electron chi connectivity index (χ4n) is 4.67. The van der Waals surface area contributed by atoms with Crippen molar-refractivity contribution in [2.45, 2.75) is 62.9 Å². The molecule has 5 N–H and O–H groups in total. The molecule has 0 fully saturated rings. The summed E-state index contributed by atoms with van der Waals surface area (Å²) in [5.41, 5.74) is 4.80. The van der Waals surface area contributed by atoms with E-state index in [1.165, 1.54) is 28.3 Å². The number of nitrogens with one attached hydrogen (secondary N) is 2. The van der Waals surface area contributed by atoms with Crippen LogP contribution in [0.15, 0.2) is 29.2 Å². The van der Waals surface area contributed by atoms with E-state index in [4.69, 9.17) is 9.92 Å². The van der Waals surface area contributed by atoms with Gasteiger partial charge >= 0.3 is 0 Å². The Balaban J connectivity index is 1.86. The topological polar surface area (TPSA) is 116 Å². The van der Waals surface area contributed by atoms with Gasteiger partial charge in [0.15, 0.2) is 0 Å². The molecule has 2 aromatic rings. The van der Waals surface area contributed by atoms with E-state index in [0.29, 0.717) is 5.56 Å². The molecule has 2 aromatic carbocycles. The highest BCUT2D eigenvalue weighted by Gasteiger charge is 2.31. The summed E-state index contributed by atoms with van der Waals surface area (Å²) in [5, 5.41) is 19.3. The van der Waals surface area contributed by atoms with Gasteiger partial charge in [0.05, 0.1) is 16.1 Å². The van der Waals surface area contributed by atoms with Gasteiger partial charge in [-0.05, 0) is 86.3 Å². The van der Waals surface area contributed by atoms with E-state index in [-0.39, 0.29) is 10.5 Å². The maximum atomic E-state index is 13.5. The lowest BCUT2D eigenvalue weighted by Crippen LogP contribution is -2.27. The Labute approximate surface area is 171 Å². The molecule has 0 aromatic heterocycles. The van der Waals surface area contributed by atoms with Crippen molar-refractivity contribution in [3.05, 3.63) is 57.6 Å². The Morgan fingerprint density at radius 2 is 1.72 bits per heavy atom. The van der Waals surface area contributed by atoms with Gasteiger partial charge in [0.25, 0.3) is 5.91 Å². The van der Waals surface area contributed by atoms with Crippen LogP contribution in [0.1, 0.15) is 64.9 Å². The fraction of sp³-hybridized carbons (Fsp3) is 0.409. The number of aliphatic hydroxyl groups is 1. The van der Waals surface area contributed by atoms with Gasteiger partial charge < -0.3 is 10.4 Å². The van der Waals surface area contributed by atoms with Crippen molar-refractivity contribution >= 4 is 21.5 Å². The lowest BCUT2D eigenvalue weighted by Gasteiger charge is -2.24. The van der Waals surface area contributed by atoms with Gasteiger partial charge in [-0.1, -0.05) is 18.2 Å². The summed E-state index contributed by atoms with van der Waals surface area (Å²) in [4.78, 5) is 13.4. The maximum Gasteiger partial charge on any atom is 0.257 e. The number of anilines is 1. The monoisotopic (exact) mass is 413 g/mol. The lowest BCUT2D eigenvalue weighted by atomic mass is 9.92. The number of rotatable bonds is 4. The molecule has 0 saturated carbocycles. The number of fused-ring (bicyclic) bond motifs is 2. The van der Waals surface area contributed by atoms with Crippen LogP contribution in [0.2, 0.25) is 0 Å². The molecular formula is C22H27N3O3S. The molecule has 0 bridgehead atoms. The second kappa shape index (κ2) is 6.93. The zero-order chi connectivity index (χ0) is 21.0. The first-order chi connectivity index (χ1) is 13.6. The van der Waals surface area contributed by atoms with E-state index in [1.807, 2.05) is 0 Å². The molecular weight excluding hydrogens is 386 g/mol. The normalized spacial score (nSPS) is 17.5. The molecule has 154 valence electrons. The molecule has 1 amide bonds. The Hall–Kier alpha value is -2.22. The average molecular weight is 414 g/mol. The maximum absolute atomic E-state index is 13.5. The standard InChI is InChI=1S/C22H27N3O3S/c1-22(2,27)17-10-5-11-18(29(23,24)28)19(17)21(26)25-20-15-8-3-6-13(15)12-14-7-4-9-16(14)20/h5,10-12,27H,3-4,6-9H2,1-2H3,(H,25,26)(H3,23,24,28). The summed E-state index contributed by atoms with van der Waals surface area (Å²) in [5.74, 6) is -0.474. The van der Waals surface area contributed by atoms with Crippen LogP contribution >= 0.6 is 0 Å². The molecule has 7 heteroatoms. The highest BCUT2D eigenvalue weighted by molar-refractivity contribution is 7.90. The first-order valence-corrected chi connectivity index (χ1v) is 11.6. The number of hydrogen-bond donors (Lipinski definition) is 4. The second-order valence-corrected chi connectivity index (χ2v) is 10.2. The minimum absolute atomic E-state index is 0.0323. The van der Waals surface area contributed by atoms with E-state index in [9.17, 15) is 14.1 Å². The first kappa shape index (κ1) is 20.1.